The quantitative estimate of drug-likeness (QED) is 0.531. The molecule has 0 aliphatic carbocycles. The van der Waals surface area contributed by atoms with E-state index in [0.29, 0.717) is 19.6 Å². The molecule has 0 radical (unpaired) electrons. The molecule has 0 spiro atoms. The summed E-state index contributed by atoms with van der Waals surface area (Å²) in [5, 5.41) is 13.8. The van der Waals surface area contributed by atoms with Crippen LogP contribution in [0.25, 0.3) is 10.9 Å². The maximum absolute atomic E-state index is 13.2. The predicted molar refractivity (Wildman–Crippen MR) is 130 cm³/mol. The Morgan fingerprint density at radius 3 is 2.94 bits per heavy atom. The Morgan fingerprint density at radius 2 is 2.06 bits per heavy atom. The van der Waals surface area contributed by atoms with E-state index in [4.69, 9.17) is 4.98 Å². The molecule has 1 fully saturated rings. The van der Waals surface area contributed by atoms with Gasteiger partial charge in [-0.15, -0.1) is 0 Å². The highest BCUT2D eigenvalue weighted by molar-refractivity contribution is 5.81. The van der Waals surface area contributed by atoms with Gasteiger partial charge in [0.1, 0.15) is 5.82 Å². The van der Waals surface area contributed by atoms with Crippen molar-refractivity contribution in [3.05, 3.63) is 65.5 Å². The number of aryl methyl sites for hydroxylation is 2. The molecule has 1 atom stereocenters. The molecule has 0 saturated carbocycles. The topological polar surface area (TPSA) is 98.7 Å². The van der Waals surface area contributed by atoms with E-state index in [1.807, 2.05) is 35.2 Å². The van der Waals surface area contributed by atoms with Crippen molar-refractivity contribution >= 4 is 28.7 Å². The molecule has 2 aliphatic rings. The average molecular weight is 460 g/mol. The second-order valence-corrected chi connectivity index (χ2v) is 8.98. The lowest BCUT2D eigenvalue weighted by molar-refractivity contribution is -0.138. The fourth-order valence-electron chi connectivity index (χ4n) is 4.90. The molecule has 2 amide bonds. The minimum Gasteiger partial charge on any atom is -0.481 e. The van der Waals surface area contributed by atoms with Gasteiger partial charge in [-0.25, -0.2) is 9.78 Å². The Kier molecular flexibility index (Phi) is 6.29. The van der Waals surface area contributed by atoms with Crippen LogP contribution in [0.2, 0.25) is 0 Å². The summed E-state index contributed by atoms with van der Waals surface area (Å²) in [6.45, 7) is 2.68. The number of nitrogens with zero attached hydrogens (tertiary/aromatic N) is 4. The summed E-state index contributed by atoms with van der Waals surface area (Å²) in [6, 6.07) is 13.2. The van der Waals surface area contributed by atoms with E-state index in [1.54, 1.807) is 11.1 Å². The van der Waals surface area contributed by atoms with Crippen LogP contribution in [0.4, 0.5) is 10.6 Å². The number of carbonyl (C=O) groups excluding carboxylic acids is 1. The van der Waals surface area contributed by atoms with E-state index in [9.17, 15) is 14.7 Å². The number of benzene rings is 1. The van der Waals surface area contributed by atoms with Crippen molar-refractivity contribution in [2.45, 2.75) is 38.1 Å². The van der Waals surface area contributed by atoms with Gasteiger partial charge < -0.3 is 20.2 Å². The largest absolute Gasteiger partial charge is 0.481 e. The molecule has 176 valence electrons. The summed E-state index contributed by atoms with van der Waals surface area (Å²) in [5.74, 6) is 0.0594. The molecule has 8 nitrogen and oxygen atoms in total. The number of para-hydroxylation sites is 1. The Hall–Kier alpha value is -3.68. The SMILES string of the molecule is O=C(O)C[C@@H](c1cnc2ccccc2c1)N1CCN(CCCc2ccc3c(n2)NCCC3)C1=O. The van der Waals surface area contributed by atoms with Gasteiger partial charge in [0.05, 0.1) is 18.0 Å². The van der Waals surface area contributed by atoms with Gasteiger partial charge >= 0.3 is 12.0 Å². The van der Waals surface area contributed by atoms with Crippen molar-refractivity contribution in [3.8, 4) is 0 Å². The molecular weight excluding hydrogens is 430 g/mol. The Morgan fingerprint density at radius 1 is 1.18 bits per heavy atom. The van der Waals surface area contributed by atoms with Crippen LogP contribution in [-0.2, 0) is 17.6 Å². The molecule has 3 aromatic rings. The number of rotatable bonds is 8. The van der Waals surface area contributed by atoms with Crippen molar-refractivity contribution in [2.24, 2.45) is 0 Å². The number of nitrogens with one attached hydrogen (secondary N) is 1. The number of carbonyl (C=O) groups is 2. The number of carboxylic acid groups (broad SMARTS) is 1. The molecule has 1 saturated heterocycles. The van der Waals surface area contributed by atoms with E-state index < -0.39 is 12.0 Å². The van der Waals surface area contributed by atoms with Gasteiger partial charge in [-0.2, -0.15) is 0 Å². The zero-order valence-electron chi connectivity index (χ0n) is 19.1. The standard InChI is InChI=1S/C26H29N5O3/c32-24(33)16-23(20-15-19-5-1-2-8-22(19)28-17-20)31-14-13-30(26(31)34)12-4-7-21-10-9-18-6-3-11-27-25(18)29-21/h1-2,5,8-10,15,17,23H,3-4,6-7,11-14,16H2,(H,27,29)(H,32,33)/t23-/m0/s1. The number of aromatic nitrogens is 2. The van der Waals surface area contributed by atoms with E-state index in [-0.39, 0.29) is 12.5 Å². The summed E-state index contributed by atoms with van der Waals surface area (Å²) < 4.78 is 0. The van der Waals surface area contributed by atoms with E-state index in [1.165, 1.54) is 5.56 Å². The number of amides is 2. The van der Waals surface area contributed by atoms with Gasteiger partial charge in [-0.1, -0.05) is 24.3 Å². The van der Waals surface area contributed by atoms with Gasteiger partial charge in [0.25, 0.3) is 0 Å². The summed E-state index contributed by atoms with van der Waals surface area (Å²) in [5.41, 5.74) is 3.90. The molecule has 4 heterocycles. The number of urea groups is 1. The second-order valence-electron chi connectivity index (χ2n) is 8.98. The van der Waals surface area contributed by atoms with E-state index >= 15 is 0 Å². The third-order valence-corrected chi connectivity index (χ3v) is 6.68. The molecule has 2 aliphatic heterocycles. The summed E-state index contributed by atoms with van der Waals surface area (Å²) in [4.78, 5) is 37.6. The molecule has 2 aromatic heterocycles. The van der Waals surface area contributed by atoms with Crippen molar-refractivity contribution in [1.29, 1.82) is 0 Å². The maximum Gasteiger partial charge on any atom is 0.320 e. The fourth-order valence-corrected chi connectivity index (χ4v) is 4.90. The van der Waals surface area contributed by atoms with Crippen LogP contribution in [0.3, 0.4) is 0 Å². The van der Waals surface area contributed by atoms with Gasteiger partial charge in [-0.05, 0) is 55.0 Å². The van der Waals surface area contributed by atoms with E-state index in [2.05, 4.69) is 22.4 Å². The molecule has 5 rings (SSSR count). The first-order valence-electron chi connectivity index (χ1n) is 11.9. The van der Waals surface area contributed by atoms with Crippen molar-refractivity contribution in [3.63, 3.8) is 0 Å². The van der Waals surface area contributed by atoms with Crippen LogP contribution in [0.15, 0.2) is 48.7 Å². The molecule has 1 aromatic carbocycles. The van der Waals surface area contributed by atoms with Crippen LogP contribution >= 0.6 is 0 Å². The van der Waals surface area contributed by atoms with Crippen LogP contribution in [-0.4, -0.2) is 63.1 Å². The lowest BCUT2D eigenvalue weighted by atomic mass is 10.0. The number of anilines is 1. The fraction of sp³-hybridized carbons (Fsp3) is 0.385. The summed E-state index contributed by atoms with van der Waals surface area (Å²) in [6.07, 6.45) is 5.36. The number of fused-ring (bicyclic) bond motifs is 2. The third kappa shape index (κ3) is 4.66. The number of hydrogen-bond acceptors (Lipinski definition) is 5. The predicted octanol–water partition coefficient (Wildman–Crippen LogP) is 3.87. The lowest BCUT2D eigenvalue weighted by Crippen LogP contribution is -2.36. The minimum absolute atomic E-state index is 0.112. The normalized spacial score (nSPS) is 16.4. The van der Waals surface area contributed by atoms with Gasteiger partial charge in [0.15, 0.2) is 0 Å². The van der Waals surface area contributed by atoms with Crippen molar-refractivity contribution < 1.29 is 14.7 Å². The van der Waals surface area contributed by atoms with Gasteiger partial charge in [0.2, 0.25) is 0 Å². The Balaban J connectivity index is 1.24. The van der Waals surface area contributed by atoms with Crippen LogP contribution < -0.4 is 5.32 Å². The molecule has 2 N–H and O–H groups in total. The highest BCUT2D eigenvalue weighted by atomic mass is 16.4. The first-order chi connectivity index (χ1) is 16.6. The van der Waals surface area contributed by atoms with Gasteiger partial charge in [0, 0.05) is 43.5 Å². The lowest BCUT2D eigenvalue weighted by Gasteiger charge is -2.27. The maximum atomic E-state index is 13.2. The van der Waals surface area contributed by atoms with Crippen LogP contribution in [0.5, 0.6) is 0 Å². The van der Waals surface area contributed by atoms with Crippen molar-refractivity contribution in [1.82, 2.24) is 19.8 Å². The third-order valence-electron chi connectivity index (χ3n) is 6.68. The second kappa shape index (κ2) is 9.67. The molecule has 0 bridgehead atoms. The van der Waals surface area contributed by atoms with E-state index in [0.717, 1.165) is 60.2 Å². The van der Waals surface area contributed by atoms with Crippen LogP contribution in [0, 0.1) is 0 Å². The molecular formula is C26H29N5O3. The highest BCUT2D eigenvalue weighted by Gasteiger charge is 2.35. The first-order valence-corrected chi connectivity index (χ1v) is 11.9. The van der Waals surface area contributed by atoms with Crippen LogP contribution in [0.1, 0.15) is 42.1 Å². The zero-order chi connectivity index (χ0) is 23.5. The molecule has 34 heavy (non-hydrogen) atoms. The van der Waals surface area contributed by atoms with Crippen molar-refractivity contribution in [2.75, 3.05) is 31.5 Å². The Bertz CT molecular complexity index is 1210. The number of pyridine rings is 2. The summed E-state index contributed by atoms with van der Waals surface area (Å²) in [7, 11) is 0. The Labute approximate surface area is 198 Å². The first kappa shape index (κ1) is 22.1. The minimum atomic E-state index is -0.934. The highest BCUT2D eigenvalue weighted by Crippen LogP contribution is 2.30. The average Bonchev–Trinajstić information content (AvgIpc) is 3.22. The van der Waals surface area contributed by atoms with Gasteiger partial charge in [-0.3, -0.25) is 9.78 Å². The molecule has 0 unspecified atom stereocenters. The summed E-state index contributed by atoms with van der Waals surface area (Å²) >= 11 is 0. The number of hydrogen-bond donors (Lipinski definition) is 2. The zero-order valence-corrected chi connectivity index (χ0v) is 19.1. The number of aliphatic carboxylic acids is 1. The number of carboxylic acids is 1. The molecule has 8 heteroatoms. The smallest absolute Gasteiger partial charge is 0.320 e. The monoisotopic (exact) mass is 459 g/mol.